The lowest BCUT2D eigenvalue weighted by Gasteiger charge is -2.31. The van der Waals surface area contributed by atoms with E-state index in [0.717, 1.165) is 12.8 Å². The zero-order valence-electron chi connectivity index (χ0n) is 12.8. The summed E-state index contributed by atoms with van der Waals surface area (Å²) >= 11 is 0. The molecule has 0 aliphatic heterocycles. The Kier molecular flexibility index (Phi) is 6.82. The topological polar surface area (TPSA) is 78.4 Å². The number of nitrogens with one attached hydrogen (secondary N) is 2. The second-order valence-electron chi connectivity index (χ2n) is 6.40. The molecule has 3 N–H and O–H groups in total. The van der Waals surface area contributed by atoms with Gasteiger partial charge in [-0.25, -0.2) is 4.79 Å². The van der Waals surface area contributed by atoms with Crippen LogP contribution in [0.1, 0.15) is 52.9 Å². The van der Waals surface area contributed by atoms with Crippen LogP contribution in [0, 0.1) is 17.8 Å². The fourth-order valence-electron chi connectivity index (χ4n) is 3.03. The molecule has 3 unspecified atom stereocenters. The lowest BCUT2D eigenvalue weighted by atomic mass is 9.80. The summed E-state index contributed by atoms with van der Waals surface area (Å²) in [4.78, 5) is 22.4. The summed E-state index contributed by atoms with van der Waals surface area (Å²) in [5.41, 5.74) is 0. The number of hydrogen-bond acceptors (Lipinski definition) is 2. The molecule has 2 amide bonds. The van der Waals surface area contributed by atoms with Crippen LogP contribution in [0.2, 0.25) is 0 Å². The van der Waals surface area contributed by atoms with Gasteiger partial charge in [0.25, 0.3) is 0 Å². The molecule has 3 atom stereocenters. The SMILES string of the molecule is CC1CC(C)CC(NC(=O)NCCCC(C)C(=O)O)C1. The van der Waals surface area contributed by atoms with E-state index in [-0.39, 0.29) is 18.0 Å². The van der Waals surface area contributed by atoms with Crippen LogP contribution in [0.3, 0.4) is 0 Å². The maximum Gasteiger partial charge on any atom is 0.315 e. The fourth-order valence-corrected chi connectivity index (χ4v) is 3.03. The lowest BCUT2D eigenvalue weighted by molar-refractivity contribution is -0.141. The Balaban J connectivity index is 2.15. The number of carboxylic acids is 1. The quantitative estimate of drug-likeness (QED) is 0.656. The summed E-state index contributed by atoms with van der Waals surface area (Å²) in [5.74, 6) is 0.209. The highest BCUT2D eigenvalue weighted by atomic mass is 16.4. The Hall–Kier alpha value is -1.26. The molecular weight excluding hydrogens is 256 g/mol. The van der Waals surface area contributed by atoms with Crippen LogP contribution >= 0.6 is 0 Å². The van der Waals surface area contributed by atoms with Crippen molar-refractivity contribution in [1.29, 1.82) is 0 Å². The molecule has 1 aliphatic rings. The molecule has 0 heterocycles. The highest BCUT2D eigenvalue weighted by Gasteiger charge is 2.24. The maximum absolute atomic E-state index is 11.8. The van der Waals surface area contributed by atoms with Gasteiger partial charge in [-0.2, -0.15) is 0 Å². The minimum Gasteiger partial charge on any atom is -0.481 e. The van der Waals surface area contributed by atoms with Crippen LogP contribution in [0.5, 0.6) is 0 Å². The predicted molar refractivity (Wildman–Crippen MR) is 78.5 cm³/mol. The number of urea groups is 1. The van der Waals surface area contributed by atoms with Crippen molar-refractivity contribution in [2.75, 3.05) is 6.54 Å². The average Bonchev–Trinajstić information content (AvgIpc) is 2.32. The molecule has 0 bridgehead atoms. The Labute approximate surface area is 121 Å². The highest BCUT2D eigenvalue weighted by molar-refractivity contribution is 5.74. The fraction of sp³-hybridized carbons (Fsp3) is 0.867. The van der Waals surface area contributed by atoms with E-state index < -0.39 is 5.97 Å². The van der Waals surface area contributed by atoms with E-state index in [4.69, 9.17) is 5.11 Å². The van der Waals surface area contributed by atoms with Crippen molar-refractivity contribution in [3.8, 4) is 0 Å². The molecule has 1 aliphatic carbocycles. The molecule has 1 saturated carbocycles. The van der Waals surface area contributed by atoms with Gasteiger partial charge in [0.05, 0.1) is 5.92 Å². The van der Waals surface area contributed by atoms with Crippen molar-refractivity contribution in [2.24, 2.45) is 17.8 Å². The van der Waals surface area contributed by atoms with Crippen LogP contribution in [-0.2, 0) is 4.79 Å². The Morgan fingerprint density at radius 2 is 1.80 bits per heavy atom. The Bertz CT molecular complexity index is 323. The first-order valence-corrected chi connectivity index (χ1v) is 7.65. The average molecular weight is 284 g/mol. The first-order valence-electron chi connectivity index (χ1n) is 7.65. The molecule has 0 radical (unpaired) electrons. The third-order valence-corrected chi connectivity index (χ3v) is 4.03. The molecule has 20 heavy (non-hydrogen) atoms. The third-order valence-electron chi connectivity index (χ3n) is 4.03. The lowest BCUT2D eigenvalue weighted by Crippen LogP contribution is -2.45. The number of hydrogen-bond donors (Lipinski definition) is 3. The molecule has 0 saturated heterocycles. The normalized spacial score (nSPS) is 27.6. The van der Waals surface area contributed by atoms with E-state index in [0.29, 0.717) is 31.2 Å². The van der Waals surface area contributed by atoms with E-state index in [2.05, 4.69) is 24.5 Å². The molecule has 5 nitrogen and oxygen atoms in total. The van der Waals surface area contributed by atoms with Gasteiger partial charge in [0, 0.05) is 12.6 Å². The van der Waals surface area contributed by atoms with Gasteiger partial charge in [0.2, 0.25) is 0 Å². The molecule has 116 valence electrons. The minimum absolute atomic E-state index is 0.126. The van der Waals surface area contributed by atoms with Crippen molar-refractivity contribution < 1.29 is 14.7 Å². The van der Waals surface area contributed by atoms with Crippen molar-refractivity contribution in [1.82, 2.24) is 10.6 Å². The van der Waals surface area contributed by atoms with Gasteiger partial charge in [-0.1, -0.05) is 20.8 Å². The van der Waals surface area contributed by atoms with Crippen LogP contribution in [0.25, 0.3) is 0 Å². The number of carbonyl (C=O) groups is 2. The first-order chi connectivity index (χ1) is 9.38. The zero-order valence-corrected chi connectivity index (χ0v) is 12.8. The Morgan fingerprint density at radius 3 is 2.35 bits per heavy atom. The number of carboxylic acid groups (broad SMARTS) is 1. The van der Waals surface area contributed by atoms with E-state index in [1.165, 1.54) is 6.42 Å². The minimum atomic E-state index is -0.778. The molecule has 0 aromatic rings. The smallest absolute Gasteiger partial charge is 0.315 e. The summed E-state index contributed by atoms with van der Waals surface area (Å²) in [6, 6.07) is 0.144. The van der Waals surface area contributed by atoms with Crippen LogP contribution in [0.15, 0.2) is 0 Å². The zero-order chi connectivity index (χ0) is 15.1. The van der Waals surface area contributed by atoms with Crippen molar-refractivity contribution in [2.45, 2.75) is 58.9 Å². The summed E-state index contributed by atoms with van der Waals surface area (Å²) < 4.78 is 0. The van der Waals surface area contributed by atoms with Gasteiger partial charge in [-0.05, 0) is 43.9 Å². The standard InChI is InChI=1S/C15H28N2O3/c1-10-7-11(2)9-13(8-10)17-15(20)16-6-4-5-12(3)14(18)19/h10-13H,4-9H2,1-3H3,(H,18,19)(H2,16,17,20). The first kappa shape index (κ1) is 16.8. The maximum atomic E-state index is 11.8. The van der Waals surface area contributed by atoms with Gasteiger partial charge in [0.15, 0.2) is 0 Å². The number of carbonyl (C=O) groups excluding carboxylic acids is 1. The van der Waals surface area contributed by atoms with Crippen LogP contribution in [0.4, 0.5) is 4.79 Å². The van der Waals surface area contributed by atoms with Crippen molar-refractivity contribution in [3.63, 3.8) is 0 Å². The van der Waals surface area contributed by atoms with E-state index in [9.17, 15) is 9.59 Å². The number of aliphatic carboxylic acids is 1. The molecule has 1 fully saturated rings. The summed E-state index contributed by atoms with van der Waals surface area (Å²) in [6.45, 7) is 6.68. The van der Waals surface area contributed by atoms with Crippen molar-refractivity contribution in [3.05, 3.63) is 0 Å². The summed E-state index contributed by atoms with van der Waals surface area (Å²) in [7, 11) is 0. The van der Waals surface area contributed by atoms with Gasteiger partial charge in [-0.3, -0.25) is 4.79 Å². The van der Waals surface area contributed by atoms with Crippen LogP contribution < -0.4 is 10.6 Å². The second kappa shape index (κ2) is 8.12. The van der Waals surface area contributed by atoms with Gasteiger partial charge in [0.1, 0.15) is 0 Å². The van der Waals surface area contributed by atoms with E-state index in [1.54, 1.807) is 6.92 Å². The molecule has 5 heteroatoms. The van der Waals surface area contributed by atoms with Gasteiger partial charge >= 0.3 is 12.0 Å². The molecule has 1 rings (SSSR count). The molecule has 0 aromatic heterocycles. The monoisotopic (exact) mass is 284 g/mol. The van der Waals surface area contributed by atoms with Gasteiger partial charge in [-0.15, -0.1) is 0 Å². The largest absolute Gasteiger partial charge is 0.481 e. The van der Waals surface area contributed by atoms with Crippen molar-refractivity contribution >= 4 is 12.0 Å². The highest BCUT2D eigenvalue weighted by Crippen LogP contribution is 2.28. The summed E-state index contributed by atoms with van der Waals surface area (Å²) in [5, 5.41) is 14.6. The van der Waals surface area contributed by atoms with Crippen LogP contribution in [-0.4, -0.2) is 29.7 Å². The molecular formula is C15H28N2O3. The Morgan fingerprint density at radius 1 is 1.20 bits per heavy atom. The predicted octanol–water partition coefficient (Wildman–Crippen LogP) is 2.61. The van der Waals surface area contributed by atoms with E-state index >= 15 is 0 Å². The number of amides is 2. The molecule has 0 spiro atoms. The van der Waals surface area contributed by atoms with E-state index in [1.807, 2.05) is 0 Å². The number of rotatable bonds is 6. The second-order valence-corrected chi connectivity index (χ2v) is 6.40. The third kappa shape index (κ3) is 6.26. The summed E-state index contributed by atoms with van der Waals surface area (Å²) in [6.07, 6.45) is 4.62. The van der Waals surface area contributed by atoms with Gasteiger partial charge < -0.3 is 15.7 Å². The molecule has 0 aromatic carbocycles.